The van der Waals surface area contributed by atoms with Crippen LogP contribution in [0.1, 0.15) is 45.0 Å². The SMILES string of the molecule is COc1cccc(-c2c3nc(c(-c4cc(CS(=O)(=O)c5ccc(C)cc5)c([N+](=O)[O-])c(OC)c4)c4ccc([nH]4)c(-c4cc(CS(=O)(=O)c5ccc(C)cc5)c([N+](=O)[O-])c(OC)c4)c4nc(c(-c5cccc(OC)c5)c5ccc2[nH]5)C=C4)C=C3)c1. The number of benzene rings is 6. The van der Waals surface area contributed by atoms with E-state index in [0.29, 0.717) is 78.6 Å². The number of aromatic nitrogens is 4. The van der Waals surface area contributed by atoms with Gasteiger partial charge >= 0.3 is 11.4 Å². The molecule has 0 amide bonds. The van der Waals surface area contributed by atoms with Crippen molar-refractivity contribution < 1.29 is 45.6 Å². The van der Waals surface area contributed by atoms with Gasteiger partial charge < -0.3 is 28.9 Å². The fourth-order valence-electron chi connectivity index (χ4n) is 10.6. The molecular formula is C64H52N6O12S2. The topological polar surface area (TPSA) is 249 Å². The zero-order valence-corrected chi connectivity index (χ0v) is 47.7. The van der Waals surface area contributed by atoms with Crippen LogP contribution in [-0.4, -0.2) is 75.1 Å². The average Bonchev–Trinajstić information content (AvgIpc) is 2.29. The minimum Gasteiger partial charge on any atom is -0.497 e. The number of ether oxygens (including phenoxy) is 4. The van der Waals surface area contributed by atoms with Crippen LogP contribution in [0.5, 0.6) is 23.0 Å². The van der Waals surface area contributed by atoms with E-state index in [9.17, 15) is 37.1 Å². The Morgan fingerprint density at radius 3 is 1.07 bits per heavy atom. The predicted octanol–water partition coefficient (Wildman–Crippen LogP) is 13.7. The summed E-state index contributed by atoms with van der Waals surface area (Å²) in [5.74, 6) is -0.825. The summed E-state index contributed by atoms with van der Waals surface area (Å²) < 4.78 is 79.9. The normalized spacial score (nSPS) is 12.1. The Morgan fingerprint density at radius 2 is 0.762 bits per heavy atom. The van der Waals surface area contributed by atoms with E-state index in [0.717, 1.165) is 22.3 Å². The van der Waals surface area contributed by atoms with Gasteiger partial charge in [-0.05, 0) is 157 Å². The molecule has 84 heavy (non-hydrogen) atoms. The lowest BCUT2D eigenvalue weighted by Crippen LogP contribution is -2.08. The van der Waals surface area contributed by atoms with Crippen molar-refractivity contribution >= 4 is 77.4 Å². The molecule has 9 aromatic rings. The molecule has 3 aromatic heterocycles. The van der Waals surface area contributed by atoms with E-state index in [1.54, 1.807) is 62.8 Å². The molecule has 6 aromatic carbocycles. The van der Waals surface area contributed by atoms with Gasteiger partial charge in [0, 0.05) is 55.4 Å². The lowest BCUT2D eigenvalue weighted by molar-refractivity contribution is -0.386. The van der Waals surface area contributed by atoms with Gasteiger partial charge in [-0.15, -0.1) is 0 Å². The fourth-order valence-corrected chi connectivity index (χ4v) is 13.3. The molecular weight excluding hydrogens is 1110 g/mol. The van der Waals surface area contributed by atoms with Crippen LogP contribution in [0.2, 0.25) is 0 Å². The van der Waals surface area contributed by atoms with E-state index in [4.69, 9.17) is 28.9 Å². The molecule has 0 aliphatic carbocycles. The van der Waals surface area contributed by atoms with Crippen LogP contribution in [0.4, 0.5) is 11.4 Å². The summed E-state index contributed by atoms with van der Waals surface area (Å²) in [7, 11) is -2.73. The molecule has 0 spiro atoms. The number of hydrogen-bond donors (Lipinski definition) is 2. The third-order valence-corrected chi connectivity index (χ3v) is 18.0. The molecule has 422 valence electrons. The lowest BCUT2D eigenvalue weighted by atomic mass is 10.00. The van der Waals surface area contributed by atoms with Gasteiger partial charge in [-0.3, -0.25) is 20.2 Å². The minimum atomic E-state index is -4.20. The summed E-state index contributed by atoms with van der Waals surface area (Å²) in [4.78, 5) is 42.6. The number of sulfone groups is 2. The highest BCUT2D eigenvalue weighted by Gasteiger charge is 2.31. The Kier molecular flexibility index (Phi) is 14.8. The fraction of sp³-hybridized carbons (Fsp3) is 0.125. The number of fused-ring (bicyclic) bond motifs is 8. The Balaban J connectivity index is 1.28. The van der Waals surface area contributed by atoms with Crippen LogP contribution in [0.3, 0.4) is 0 Å². The van der Waals surface area contributed by atoms with E-state index < -0.39 is 52.4 Å². The largest absolute Gasteiger partial charge is 0.497 e. The first-order chi connectivity index (χ1) is 40.4. The zero-order valence-electron chi connectivity index (χ0n) is 46.1. The number of nitro benzene ring substituents is 2. The van der Waals surface area contributed by atoms with E-state index >= 15 is 0 Å². The summed E-state index contributed by atoms with van der Waals surface area (Å²) in [5.41, 5.74) is 8.02. The molecule has 18 nitrogen and oxygen atoms in total. The zero-order chi connectivity index (χ0) is 59.2. The molecule has 5 heterocycles. The summed E-state index contributed by atoms with van der Waals surface area (Å²) in [6, 6.07) is 40.6. The molecule has 0 saturated heterocycles. The number of nitro groups is 2. The Hall–Kier alpha value is -10.2. The molecule has 0 radical (unpaired) electrons. The van der Waals surface area contributed by atoms with Gasteiger partial charge in [0.15, 0.2) is 31.2 Å². The van der Waals surface area contributed by atoms with Gasteiger partial charge in [0.2, 0.25) is 0 Å². The number of nitrogens with zero attached hydrogens (tertiary/aromatic N) is 4. The second kappa shape index (κ2) is 22.3. The molecule has 11 rings (SSSR count). The number of nitrogens with one attached hydrogen (secondary N) is 2. The maximum atomic E-state index is 14.3. The Bertz CT molecular complexity index is 4370. The van der Waals surface area contributed by atoms with Gasteiger partial charge in [0.1, 0.15) is 11.5 Å². The number of rotatable bonds is 16. The standard InChI is InChI=1S/C64H52N6O12S2/c1-37-13-17-47(18-14-37)83(75,76)35-43-29-41(33-57(81-5)63(43)69(71)72)61-53-25-23-51(66-53)59(39-9-7-11-45(31-39)79-3)49-21-22-50(65-49)60(40-10-8-12-46(32-40)80-4)52-24-26-54(67-52)62(56-28-27-55(61)68-56)42-30-44(64(70(73)74)58(34-42)82-6)36-84(77,78)48-19-15-38(2)16-20-48/h7-34,65,68H,35-36H2,1-6H3. The molecule has 2 N–H and O–H groups in total. The highest BCUT2D eigenvalue weighted by Crippen LogP contribution is 2.45. The van der Waals surface area contributed by atoms with Crippen molar-refractivity contribution in [3.63, 3.8) is 0 Å². The monoisotopic (exact) mass is 1160 g/mol. The van der Waals surface area contributed by atoms with Crippen molar-refractivity contribution in [3.05, 3.63) is 211 Å². The summed E-state index contributed by atoms with van der Waals surface area (Å²) in [5, 5.41) is 26.1. The summed E-state index contributed by atoms with van der Waals surface area (Å²) in [6.45, 7) is 3.63. The number of hydrogen-bond acceptors (Lipinski definition) is 14. The molecule has 0 fully saturated rings. The molecule has 8 bridgehead atoms. The highest BCUT2D eigenvalue weighted by molar-refractivity contribution is 7.91. The molecule has 0 unspecified atom stereocenters. The van der Waals surface area contributed by atoms with Gasteiger partial charge in [-0.1, -0.05) is 59.7 Å². The molecule has 2 aliphatic rings. The number of H-pyrrole nitrogens is 2. The van der Waals surface area contributed by atoms with E-state index in [1.165, 1.54) is 62.8 Å². The van der Waals surface area contributed by atoms with E-state index in [1.807, 2.05) is 86.7 Å². The van der Waals surface area contributed by atoms with Crippen molar-refractivity contribution in [2.24, 2.45) is 0 Å². The van der Waals surface area contributed by atoms with Crippen LogP contribution in [0.15, 0.2) is 155 Å². The Morgan fingerprint density at radius 1 is 0.429 bits per heavy atom. The minimum absolute atomic E-state index is 0.0343. The van der Waals surface area contributed by atoms with Crippen molar-refractivity contribution in [1.82, 2.24) is 19.9 Å². The maximum absolute atomic E-state index is 14.3. The van der Waals surface area contributed by atoms with E-state index in [-0.39, 0.29) is 43.5 Å². The molecule has 20 heteroatoms. The van der Waals surface area contributed by atoms with Gasteiger partial charge in [-0.2, -0.15) is 0 Å². The van der Waals surface area contributed by atoms with E-state index in [2.05, 4.69) is 9.97 Å². The Labute approximate surface area is 482 Å². The van der Waals surface area contributed by atoms with Crippen molar-refractivity contribution in [2.75, 3.05) is 28.4 Å². The number of methoxy groups -OCH3 is 4. The average molecular weight is 1160 g/mol. The second-order valence-electron chi connectivity index (χ2n) is 20.0. The first-order valence-electron chi connectivity index (χ1n) is 26.1. The first kappa shape index (κ1) is 55.7. The number of aryl methyl sites for hydroxylation is 2. The van der Waals surface area contributed by atoms with Crippen molar-refractivity contribution in [1.29, 1.82) is 0 Å². The second-order valence-corrected chi connectivity index (χ2v) is 24.0. The maximum Gasteiger partial charge on any atom is 0.315 e. The highest BCUT2D eigenvalue weighted by atomic mass is 32.2. The first-order valence-corrected chi connectivity index (χ1v) is 29.4. The molecule has 2 aliphatic heterocycles. The smallest absolute Gasteiger partial charge is 0.315 e. The molecule has 0 atom stereocenters. The number of aromatic amines is 2. The molecule has 0 saturated carbocycles. The van der Waals surface area contributed by atoms with Crippen LogP contribution < -0.4 is 18.9 Å². The van der Waals surface area contributed by atoms with Crippen molar-refractivity contribution in [3.8, 4) is 67.5 Å². The predicted molar refractivity (Wildman–Crippen MR) is 324 cm³/mol. The van der Waals surface area contributed by atoms with Crippen LogP contribution >= 0.6 is 0 Å². The van der Waals surface area contributed by atoms with Crippen molar-refractivity contribution in [2.45, 2.75) is 35.1 Å². The lowest BCUT2D eigenvalue weighted by Gasteiger charge is -2.13. The van der Waals surface area contributed by atoms with Gasteiger partial charge in [0.05, 0.1) is 82.4 Å². The third kappa shape index (κ3) is 10.7. The third-order valence-electron chi connectivity index (χ3n) is 14.6. The summed E-state index contributed by atoms with van der Waals surface area (Å²) >= 11 is 0. The van der Waals surface area contributed by atoms with Gasteiger partial charge in [0.25, 0.3) is 0 Å². The quantitative estimate of drug-likeness (QED) is 0.0675. The summed E-state index contributed by atoms with van der Waals surface area (Å²) in [6.07, 6.45) is 7.24. The van der Waals surface area contributed by atoms with Crippen LogP contribution in [0.25, 0.3) is 90.9 Å². The van der Waals surface area contributed by atoms with Gasteiger partial charge in [-0.25, -0.2) is 26.8 Å². The van der Waals surface area contributed by atoms with Crippen LogP contribution in [-0.2, 0) is 31.2 Å². The van der Waals surface area contributed by atoms with Crippen LogP contribution in [0, 0.1) is 34.1 Å².